The van der Waals surface area contributed by atoms with Crippen LogP contribution in [0.5, 0.6) is 0 Å². The van der Waals surface area contributed by atoms with Gasteiger partial charge in [0.25, 0.3) is 0 Å². The smallest absolute Gasteiger partial charge is 0.410 e. The van der Waals surface area contributed by atoms with Gasteiger partial charge in [-0.25, -0.2) is 19.6 Å². The Balaban J connectivity index is 1.39. The Hall–Kier alpha value is -3.44. The zero-order valence-electron chi connectivity index (χ0n) is 24.9. The molecule has 0 bridgehead atoms. The van der Waals surface area contributed by atoms with Gasteiger partial charge in [0.05, 0.1) is 24.9 Å². The van der Waals surface area contributed by atoms with Crippen LogP contribution in [0.15, 0.2) is 24.3 Å². The van der Waals surface area contributed by atoms with E-state index in [-0.39, 0.29) is 24.2 Å². The number of anilines is 2. The molecule has 4 heterocycles. The van der Waals surface area contributed by atoms with Crippen LogP contribution in [0, 0.1) is 0 Å². The van der Waals surface area contributed by atoms with E-state index in [1.165, 1.54) is 5.56 Å². The number of hydrogen-bond acceptors (Lipinski definition) is 8. The summed E-state index contributed by atoms with van der Waals surface area (Å²) in [5.41, 5.74) is 3.34. The van der Waals surface area contributed by atoms with E-state index >= 15 is 0 Å². The van der Waals surface area contributed by atoms with Crippen molar-refractivity contribution in [1.29, 1.82) is 0 Å². The molecule has 2 aromatic rings. The minimum absolute atomic E-state index is 0.217. The summed E-state index contributed by atoms with van der Waals surface area (Å²) in [7, 11) is 0. The third kappa shape index (κ3) is 6.90. The summed E-state index contributed by atoms with van der Waals surface area (Å²) in [4.78, 5) is 41.5. The molecule has 11 nitrogen and oxygen atoms in total. The number of benzene rings is 1. The molecule has 1 aromatic heterocycles. The second kappa shape index (κ2) is 12.2. The molecule has 3 aliphatic heterocycles. The van der Waals surface area contributed by atoms with Crippen molar-refractivity contribution in [3.05, 3.63) is 35.5 Å². The summed E-state index contributed by atoms with van der Waals surface area (Å²) in [6.45, 7) is 15.4. The Morgan fingerprint density at radius 1 is 1.12 bits per heavy atom. The highest BCUT2D eigenvalue weighted by atomic mass is 16.6. The average molecular weight is 566 g/mol. The van der Waals surface area contributed by atoms with Crippen LogP contribution in [-0.2, 0) is 22.4 Å². The summed E-state index contributed by atoms with van der Waals surface area (Å²) in [6, 6.07) is 7.90. The second-order valence-corrected chi connectivity index (χ2v) is 12.1. The van der Waals surface area contributed by atoms with Gasteiger partial charge in [0.2, 0.25) is 0 Å². The number of fused-ring (bicyclic) bond motifs is 1. The molecule has 0 radical (unpaired) electrons. The fourth-order valence-electron chi connectivity index (χ4n) is 5.72. The van der Waals surface area contributed by atoms with Crippen molar-refractivity contribution in [2.45, 2.75) is 71.7 Å². The quantitative estimate of drug-likeness (QED) is 0.562. The van der Waals surface area contributed by atoms with Crippen molar-refractivity contribution in [1.82, 2.24) is 25.1 Å². The predicted molar refractivity (Wildman–Crippen MR) is 158 cm³/mol. The minimum Gasteiger partial charge on any atom is -0.444 e. The van der Waals surface area contributed by atoms with Crippen molar-refractivity contribution in [3.63, 3.8) is 0 Å². The van der Waals surface area contributed by atoms with Gasteiger partial charge in [0.1, 0.15) is 11.4 Å². The first-order chi connectivity index (χ1) is 19.6. The number of likely N-dealkylation sites (tertiary alicyclic amines) is 1. The highest BCUT2D eigenvalue weighted by Crippen LogP contribution is 2.33. The van der Waals surface area contributed by atoms with Crippen LogP contribution in [-0.4, -0.2) is 95.5 Å². The maximum absolute atomic E-state index is 12.7. The Morgan fingerprint density at radius 2 is 1.90 bits per heavy atom. The molecule has 0 aliphatic carbocycles. The van der Waals surface area contributed by atoms with Gasteiger partial charge in [-0.15, -0.1) is 0 Å². The summed E-state index contributed by atoms with van der Waals surface area (Å²) < 4.78 is 11.3. The molecule has 11 heteroatoms. The third-order valence-corrected chi connectivity index (χ3v) is 7.78. The Morgan fingerprint density at radius 3 is 2.61 bits per heavy atom. The third-order valence-electron chi connectivity index (χ3n) is 7.78. The molecule has 5 rings (SSSR count). The van der Waals surface area contributed by atoms with Crippen LogP contribution in [0.1, 0.15) is 52.3 Å². The monoisotopic (exact) mass is 565 g/mol. The SMILES string of the molecule is CCNC(=O)Nc1ccc(-c2nc3c(c(N4CCOC[C@@H]4C)n2)CCN(C2CCN(C(=O)OC(C)(C)C)C2)C3)cc1. The zero-order valence-corrected chi connectivity index (χ0v) is 24.9. The van der Waals surface area contributed by atoms with Crippen molar-refractivity contribution in [3.8, 4) is 11.4 Å². The molecule has 3 aliphatic rings. The molecule has 222 valence electrons. The number of nitrogens with one attached hydrogen (secondary N) is 2. The summed E-state index contributed by atoms with van der Waals surface area (Å²) in [6.07, 6.45) is 1.53. The van der Waals surface area contributed by atoms with Gasteiger partial charge in [-0.05, 0) is 71.7 Å². The summed E-state index contributed by atoms with van der Waals surface area (Å²) in [5, 5.41) is 5.59. The largest absolute Gasteiger partial charge is 0.444 e. The summed E-state index contributed by atoms with van der Waals surface area (Å²) >= 11 is 0. The number of rotatable bonds is 5. The number of aromatic nitrogens is 2. The maximum atomic E-state index is 12.7. The number of amides is 3. The molecule has 2 atom stereocenters. The number of hydrogen-bond donors (Lipinski definition) is 2. The van der Waals surface area contributed by atoms with Crippen molar-refractivity contribution in [2.75, 3.05) is 56.2 Å². The Bertz CT molecular complexity index is 1250. The van der Waals surface area contributed by atoms with Gasteiger partial charge >= 0.3 is 12.1 Å². The molecule has 0 saturated carbocycles. The number of morpholine rings is 1. The standard InChI is InChI=1S/C30H43N7O4/c1-6-31-28(38)32-22-9-7-21(8-10-22)26-33-25-18-35(23-11-13-36(17-23)29(39)41-30(3,4)5)14-12-24(25)27(34-26)37-15-16-40-19-20(37)2/h7-10,20,23H,6,11-19H2,1-5H3,(H2,31,32,38)/t20-,23?/m0/s1. The Labute approximate surface area is 242 Å². The number of urea groups is 1. The average Bonchev–Trinajstić information content (AvgIpc) is 3.43. The van der Waals surface area contributed by atoms with Gasteiger partial charge in [0, 0.05) is 62.1 Å². The van der Waals surface area contributed by atoms with Gasteiger partial charge in [-0.1, -0.05) is 0 Å². The molecule has 1 unspecified atom stereocenters. The van der Waals surface area contributed by atoms with Crippen molar-refractivity contribution in [2.24, 2.45) is 0 Å². The number of carbonyl (C=O) groups is 2. The zero-order chi connectivity index (χ0) is 29.1. The lowest BCUT2D eigenvalue weighted by Crippen LogP contribution is -2.46. The molecular formula is C30H43N7O4. The van der Waals surface area contributed by atoms with Gasteiger partial charge in [0.15, 0.2) is 5.82 Å². The molecule has 1 aromatic carbocycles. The number of ether oxygens (including phenoxy) is 2. The van der Waals surface area contributed by atoms with Crippen LogP contribution >= 0.6 is 0 Å². The highest BCUT2D eigenvalue weighted by molar-refractivity contribution is 5.89. The lowest BCUT2D eigenvalue weighted by atomic mass is 10.0. The van der Waals surface area contributed by atoms with E-state index in [4.69, 9.17) is 19.4 Å². The molecule has 3 amide bonds. The van der Waals surface area contributed by atoms with Crippen LogP contribution in [0.2, 0.25) is 0 Å². The molecule has 41 heavy (non-hydrogen) atoms. The van der Waals surface area contributed by atoms with Gasteiger partial charge in [-0.3, -0.25) is 4.90 Å². The maximum Gasteiger partial charge on any atom is 0.410 e. The first-order valence-electron chi connectivity index (χ1n) is 14.7. The van der Waals surface area contributed by atoms with Crippen LogP contribution in [0.25, 0.3) is 11.4 Å². The van der Waals surface area contributed by atoms with E-state index < -0.39 is 5.60 Å². The van der Waals surface area contributed by atoms with Gasteiger partial charge < -0.3 is 29.9 Å². The normalized spacial score (nSPS) is 21.4. The first kappa shape index (κ1) is 29.1. The molecular weight excluding hydrogens is 522 g/mol. The van der Waals surface area contributed by atoms with E-state index in [0.29, 0.717) is 50.9 Å². The fraction of sp³-hybridized carbons (Fsp3) is 0.600. The van der Waals surface area contributed by atoms with Crippen molar-refractivity contribution < 1.29 is 19.1 Å². The minimum atomic E-state index is -0.504. The first-order valence-corrected chi connectivity index (χ1v) is 14.7. The van der Waals surface area contributed by atoms with Crippen LogP contribution in [0.3, 0.4) is 0 Å². The topological polar surface area (TPSA) is 112 Å². The van der Waals surface area contributed by atoms with E-state index in [1.54, 1.807) is 0 Å². The highest BCUT2D eigenvalue weighted by Gasteiger charge is 2.36. The van der Waals surface area contributed by atoms with E-state index in [0.717, 1.165) is 43.0 Å². The number of nitrogens with zero attached hydrogens (tertiary/aromatic N) is 5. The molecule has 2 saturated heterocycles. The lowest BCUT2D eigenvalue weighted by molar-refractivity contribution is 0.0277. The number of carbonyl (C=O) groups excluding carboxylic acids is 2. The summed E-state index contributed by atoms with van der Waals surface area (Å²) in [5.74, 6) is 1.66. The van der Waals surface area contributed by atoms with Crippen LogP contribution in [0.4, 0.5) is 21.1 Å². The molecule has 2 fully saturated rings. The lowest BCUT2D eigenvalue weighted by Gasteiger charge is -2.39. The fourth-order valence-corrected chi connectivity index (χ4v) is 5.72. The van der Waals surface area contributed by atoms with E-state index in [2.05, 4.69) is 27.4 Å². The van der Waals surface area contributed by atoms with Crippen LogP contribution < -0.4 is 15.5 Å². The molecule has 0 spiro atoms. The van der Waals surface area contributed by atoms with Gasteiger partial charge in [-0.2, -0.15) is 0 Å². The molecule has 2 N–H and O–H groups in total. The second-order valence-electron chi connectivity index (χ2n) is 12.1. The van der Waals surface area contributed by atoms with Crippen molar-refractivity contribution >= 4 is 23.6 Å². The Kier molecular flexibility index (Phi) is 8.65. The van der Waals surface area contributed by atoms with E-state index in [9.17, 15) is 9.59 Å². The van der Waals surface area contributed by atoms with E-state index in [1.807, 2.05) is 56.9 Å². The predicted octanol–water partition coefficient (Wildman–Crippen LogP) is 3.88.